The number of aliphatic hydroxyl groups is 1. The standard InChI is InChI=1S/C18H22FN5O2/c1-3-24(11-18-22-21-12(2)26-18)16-9-23(10-17(16)25)8-13-4-5-15(19)14(6-13)7-20/h4-6,16-17,25H,3,8-11H2,1-2H3/t16-,17+/m0/s1. The van der Waals surface area contributed by atoms with E-state index in [1.165, 1.54) is 6.07 Å². The fraction of sp³-hybridized carbons (Fsp3) is 0.500. The van der Waals surface area contributed by atoms with Gasteiger partial charge in [-0.25, -0.2) is 4.39 Å². The molecule has 8 heteroatoms. The van der Waals surface area contributed by atoms with Crippen LogP contribution in [0.25, 0.3) is 0 Å². The summed E-state index contributed by atoms with van der Waals surface area (Å²) in [4.78, 5) is 4.22. The Morgan fingerprint density at radius 1 is 1.42 bits per heavy atom. The lowest BCUT2D eigenvalue weighted by Gasteiger charge is -2.28. The first-order chi connectivity index (χ1) is 12.5. The summed E-state index contributed by atoms with van der Waals surface area (Å²) >= 11 is 0. The van der Waals surface area contributed by atoms with Crippen LogP contribution in [0.15, 0.2) is 22.6 Å². The molecular formula is C18H22FN5O2. The molecule has 0 unspecified atom stereocenters. The number of likely N-dealkylation sites (tertiary alicyclic amines) is 1. The second-order valence-electron chi connectivity index (χ2n) is 6.53. The number of β-amino-alcohol motifs (C(OH)–C–C–N with tert-alkyl or cyclic N) is 1. The van der Waals surface area contributed by atoms with Crippen LogP contribution in [-0.2, 0) is 13.1 Å². The molecule has 3 rings (SSSR count). The first-order valence-corrected chi connectivity index (χ1v) is 8.62. The van der Waals surface area contributed by atoms with Crippen LogP contribution in [0.3, 0.4) is 0 Å². The van der Waals surface area contributed by atoms with E-state index in [9.17, 15) is 9.50 Å². The number of hydrogen-bond acceptors (Lipinski definition) is 7. The summed E-state index contributed by atoms with van der Waals surface area (Å²) in [7, 11) is 0. The third kappa shape index (κ3) is 4.07. The van der Waals surface area contributed by atoms with Crippen LogP contribution in [0.4, 0.5) is 4.39 Å². The Balaban J connectivity index is 1.65. The van der Waals surface area contributed by atoms with Crippen molar-refractivity contribution < 1.29 is 13.9 Å². The largest absolute Gasteiger partial charge is 0.424 e. The second-order valence-corrected chi connectivity index (χ2v) is 6.53. The summed E-state index contributed by atoms with van der Waals surface area (Å²) in [5.74, 6) is 0.545. The summed E-state index contributed by atoms with van der Waals surface area (Å²) in [6.45, 7) is 6.74. The molecule has 2 aromatic rings. The number of halogens is 1. The predicted octanol–water partition coefficient (Wildman–Crippen LogP) is 1.46. The molecule has 0 spiro atoms. The first-order valence-electron chi connectivity index (χ1n) is 8.62. The molecule has 0 bridgehead atoms. The number of rotatable bonds is 6. The van der Waals surface area contributed by atoms with Crippen molar-refractivity contribution in [3.05, 3.63) is 46.9 Å². The van der Waals surface area contributed by atoms with Crippen LogP contribution in [0, 0.1) is 24.1 Å². The van der Waals surface area contributed by atoms with E-state index in [4.69, 9.17) is 9.68 Å². The zero-order chi connectivity index (χ0) is 18.7. The normalized spacial score (nSPS) is 20.6. The highest BCUT2D eigenvalue weighted by atomic mass is 19.1. The molecule has 0 radical (unpaired) electrons. The van der Waals surface area contributed by atoms with Gasteiger partial charge in [0.1, 0.15) is 11.9 Å². The topological polar surface area (TPSA) is 89.4 Å². The molecule has 1 aromatic heterocycles. The van der Waals surface area contributed by atoms with Crippen molar-refractivity contribution in [3.63, 3.8) is 0 Å². The van der Waals surface area contributed by atoms with Crippen molar-refractivity contribution in [2.24, 2.45) is 0 Å². The van der Waals surface area contributed by atoms with E-state index in [1.54, 1.807) is 19.1 Å². The van der Waals surface area contributed by atoms with Gasteiger partial charge in [0.2, 0.25) is 11.8 Å². The maximum atomic E-state index is 13.5. The van der Waals surface area contributed by atoms with Crippen molar-refractivity contribution in [1.82, 2.24) is 20.0 Å². The number of aromatic nitrogens is 2. The minimum Gasteiger partial charge on any atom is -0.424 e. The number of likely N-dealkylation sites (N-methyl/N-ethyl adjacent to an activating group) is 1. The molecular weight excluding hydrogens is 337 g/mol. The Bertz CT molecular complexity index is 803. The minimum absolute atomic E-state index is 0.0424. The zero-order valence-corrected chi connectivity index (χ0v) is 14.9. The molecule has 138 valence electrons. The Kier molecular flexibility index (Phi) is 5.61. The highest BCUT2D eigenvalue weighted by Gasteiger charge is 2.35. The molecule has 0 aliphatic carbocycles. The molecule has 1 aliphatic heterocycles. The number of aliphatic hydroxyl groups excluding tert-OH is 1. The van der Waals surface area contributed by atoms with Gasteiger partial charge in [0.25, 0.3) is 0 Å². The van der Waals surface area contributed by atoms with Gasteiger partial charge in [0.05, 0.1) is 24.3 Å². The second kappa shape index (κ2) is 7.91. The van der Waals surface area contributed by atoms with Crippen LogP contribution in [-0.4, -0.2) is 56.9 Å². The number of nitrogens with zero attached hydrogens (tertiary/aromatic N) is 5. The summed E-state index contributed by atoms with van der Waals surface area (Å²) in [5.41, 5.74) is 0.895. The molecule has 2 atom stereocenters. The fourth-order valence-electron chi connectivity index (χ4n) is 3.39. The van der Waals surface area contributed by atoms with Crippen LogP contribution < -0.4 is 0 Å². The van der Waals surface area contributed by atoms with E-state index in [2.05, 4.69) is 20.0 Å². The van der Waals surface area contributed by atoms with Crippen molar-refractivity contribution in [3.8, 4) is 6.07 Å². The summed E-state index contributed by atoms with van der Waals surface area (Å²) < 4.78 is 18.9. The summed E-state index contributed by atoms with van der Waals surface area (Å²) in [6.07, 6.45) is -0.505. The number of hydrogen-bond donors (Lipinski definition) is 1. The average molecular weight is 359 g/mol. The van der Waals surface area contributed by atoms with Crippen LogP contribution in [0.5, 0.6) is 0 Å². The maximum absolute atomic E-state index is 13.5. The maximum Gasteiger partial charge on any atom is 0.230 e. The van der Waals surface area contributed by atoms with Gasteiger partial charge in [-0.3, -0.25) is 9.80 Å². The van der Waals surface area contributed by atoms with Gasteiger partial charge >= 0.3 is 0 Å². The summed E-state index contributed by atoms with van der Waals surface area (Å²) in [6, 6.07) is 6.36. The molecule has 0 amide bonds. The average Bonchev–Trinajstić information content (AvgIpc) is 3.19. The van der Waals surface area contributed by atoms with Crippen molar-refractivity contribution in [2.75, 3.05) is 19.6 Å². The smallest absolute Gasteiger partial charge is 0.230 e. The van der Waals surface area contributed by atoms with Gasteiger partial charge in [-0.1, -0.05) is 13.0 Å². The van der Waals surface area contributed by atoms with E-state index in [1.807, 2.05) is 13.0 Å². The van der Waals surface area contributed by atoms with Gasteiger partial charge in [0.15, 0.2) is 0 Å². The Morgan fingerprint density at radius 3 is 2.88 bits per heavy atom. The van der Waals surface area contributed by atoms with E-state index in [-0.39, 0.29) is 11.6 Å². The zero-order valence-electron chi connectivity index (χ0n) is 14.9. The van der Waals surface area contributed by atoms with Crippen LogP contribution >= 0.6 is 0 Å². The van der Waals surface area contributed by atoms with E-state index >= 15 is 0 Å². The molecule has 1 aliphatic rings. The molecule has 26 heavy (non-hydrogen) atoms. The Labute approximate surface area is 151 Å². The van der Waals surface area contributed by atoms with Gasteiger partial charge in [-0.15, -0.1) is 10.2 Å². The molecule has 1 N–H and O–H groups in total. The first kappa shape index (κ1) is 18.5. The van der Waals surface area contributed by atoms with Gasteiger partial charge in [-0.2, -0.15) is 5.26 Å². The third-order valence-electron chi connectivity index (χ3n) is 4.67. The van der Waals surface area contributed by atoms with Gasteiger partial charge in [-0.05, 0) is 24.2 Å². The highest BCUT2D eigenvalue weighted by molar-refractivity contribution is 5.34. The van der Waals surface area contributed by atoms with Gasteiger partial charge in [0, 0.05) is 26.6 Å². The lowest BCUT2D eigenvalue weighted by molar-refractivity contribution is 0.0760. The Morgan fingerprint density at radius 2 is 2.23 bits per heavy atom. The van der Waals surface area contributed by atoms with Gasteiger partial charge < -0.3 is 9.52 Å². The molecule has 7 nitrogen and oxygen atoms in total. The predicted molar refractivity (Wildman–Crippen MR) is 91.3 cm³/mol. The van der Waals surface area contributed by atoms with Crippen LogP contribution in [0.1, 0.15) is 29.8 Å². The quantitative estimate of drug-likeness (QED) is 0.835. The fourth-order valence-corrected chi connectivity index (χ4v) is 3.39. The minimum atomic E-state index is -0.511. The monoisotopic (exact) mass is 359 g/mol. The molecule has 1 aromatic carbocycles. The van der Waals surface area contributed by atoms with E-state index in [0.717, 1.165) is 12.1 Å². The van der Waals surface area contributed by atoms with E-state index < -0.39 is 11.9 Å². The van der Waals surface area contributed by atoms with Crippen molar-refractivity contribution in [2.45, 2.75) is 39.1 Å². The third-order valence-corrected chi connectivity index (χ3v) is 4.67. The molecule has 2 heterocycles. The lowest BCUT2D eigenvalue weighted by atomic mass is 10.1. The lowest BCUT2D eigenvalue weighted by Crippen LogP contribution is -2.42. The highest BCUT2D eigenvalue weighted by Crippen LogP contribution is 2.21. The molecule has 1 fully saturated rings. The number of nitriles is 1. The SMILES string of the molecule is CCN(Cc1nnc(C)o1)[C@H]1CN(Cc2ccc(F)c(C#N)c2)C[C@H]1O. The number of aryl methyl sites for hydroxylation is 1. The number of benzene rings is 1. The van der Waals surface area contributed by atoms with Crippen molar-refractivity contribution in [1.29, 1.82) is 5.26 Å². The molecule has 0 saturated carbocycles. The van der Waals surface area contributed by atoms with Crippen molar-refractivity contribution >= 4 is 0 Å². The van der Waals surface area contributed by atoms with Crippen LogP contribution in [0.2, 0.25) is 0 Å². The Hall–Kier alpha value is -2.34. The van der Waals surface area contributed by atoms with E-state index in [0.29, 0.717) is 38.0 Å². The summed E-state index contributed by atoms with van der Waals surface area (Å²) in [5, 5.41) is 27.3. The molecule has 1 saturated heterocycles.